The minimum atomic E-state index is -0.356. The Balaban J connectivity index is 0.00000364. The lowest BCUT2D eigenvalue weighted by molar-refractivity contribution is 0.191. The molecule has 2 aromatic rings. The maximum absolute atomic E-state index is 13.7. The first kappa shape index (κ1) is 23.4. The van der Waals surface area contributed by atoms with Gasteiger partial charge in [0.1, 0.15) is 11.3 Å². The Morgan fingerprint density at radius 3 is 2.67 bits per heavy atom. The zero-order valence-electron chi connectivity index (χ0n) is 15.4. The van der Waals surface area contributed by atoms with Gasteiger partial charge in [0.05, 0.1) is 6.54 Å². The van der Waals surface area contributed by atoms with E-state index in [-0.39, 0.29) is 41.6 Å². The fourth-order valence-corrected chi connectivity index (χ4v) is 2.41. The smallest absolute Gasteiger partial charge is 0.191 e. The summed E-state index contributed by atoms with van der Waals surface area (Å²) < 4.78 is 19.4. The summed E-state index contributed by atoms with van der Waals surface area (Å²) in [5, 5.41) is 6.93. The summed E-state index contributed by atoms with van der Waals surface area (Å²) in [6.07, 6.45) is 3.14. The summed E-state index contributed by atoms with van der Waals surface area (Å²) in [6.45, 7) is 3.22. The van der Waals surface area contributed by atoms with Gasteiger partial charge in [0.2, 0.25) is 0 Å². The van der Waals surface area contributed by atoms with E-state index in [2.05, 4.69) is 20.6 Å². The van der Waals surface area contributed by atoms with Crippen LogP contribution in [-0.4, -0.2) is 37.2 Å². The van der Waals surface area contributed by atoms with Crippen molar-refractivity contribution < 1.29 is 9.13 Å². The highest BCUT2D eigenvalue weighted by molar-refractivity contribution is 14.0. The molecular formula is C19H25ClFIN4O. The minimum absolute atomic E-state index is 0. The first-order valence-electron chi connectivity index (χ1n) is 8.58. The maximum atomic E-state index is 13.7. The summed E-state index contributed by atoms with van der Waals surface area (Å²) in [7, 11) is 1.71. The quantitative estimate of drug-likeness (QED) is 0.245. The summed E-state index contributed by atoms with van der Waals surface area (Å²) in [5.74, 6) is 0.576. The third-order valence-corrected chi connectivity index (χ3v) is 4.02. The van der Waals surface area contributed by atoms with Gasteiger partial charge in [-0.3, -0.25) is 4.99 Å². The van der Waals surface area contributed by atoms with Gasteiger partial charge in [-0.15, -0.1) is 24.0 Å². The van der Waals surface area contributed by atoms with E-state index in [0.29, 0.717) is 24.2 Å². The third kappa shape index (κ3) is 8.30. The van der Waals surface area contributed by atoms with Crippen LogP contribution in [0, 0.1) is 5.82 Å². The van der Waals surface area contributed by atoms with Gasteiger partial charge in [-0.05, 0) is 36.6 Å². The second kappa shape index (κ2) is 12.7. The van der Waals surface area contributed by atoms with Crippen LogP contribution in [0.25, 0.3) is 0 Å². The van der Waals surface area contributed by atoms with Crippen LogP contribution >= 0.6 is 35.6 Å². The highest BCUT2D eigenvalue weighted by Crippen LogP contribution is 2.17. The number of ether oxygens (including phenoxy) is 1. The van der Waals surface area contributed by atoms with Crippen LogP contribution < -0.4 is 15.4 Å². The van der Waals surface area contributed by atoms with Crippen molar-refractivity contribution in [1.82, 2.24) is 15.6 Å². The minimum Gasteiger partial charge on any atom is -0.486 e. The van der Waals surface area contributed by atoms with E-state index in [0.717, 1.165) is 18.4 Å². The molecule has 0 spiro atoms. The van der Waals surface area contributed by atoms with Crippen molar-refractivity contribution in [3.05, 3.63) is 59.1 Å². The van der Waals surface area contributed by atoms with Gasteiger partial charge in [-0.25, -0.2) is 9.37 Å². The van der Waals surface area contributed by atoms with E-state index in [1.165, 1.54) is 6.07 Å². The summed E-state index contributed by atoms with van der Waals surface area (Å²) in [5.41, 5.74) is 1.09. The van der Waals surface area contributed by atoms with Gasteiger partial charge in [-0.1, -0.05) is 36.7 Å². The molecule has 0 aliphatic heterocycles. The predicted octanol–water partition coefficient (Wildman–Crippen LogP) is 4.06. The van der Waals surface area contributed by atoms with E-state index >= 15 is 0 Å². The molecule has 148 valence electrons. The Morgan fingerprint density at radius 1 is 1.26 bits per heavy atom. The van der Waals surface area contributed by atoms with Crippen LogP contribution in [0.2, 0.25) is 5.15 Å². The first-order chi connectivity index (χ1) is 12.6. The molecule has 0 fully saturated rings. The zero-order valence-corrected chi connectivity index (χ0v) is 18.5. The van der Waals surface area contributed by atoms with E-state index < -0.39 is 0 Å². The van der Waals surface area contributed by atoms with Crippen molar-refractivity contribution >= 4 is 41.5 Å². The number of nitrogens with zero attached hydrogens (tertiary/aromatic N) is 2. The molecule has 0 bridgehead atoms. The molecule has 2 N–H and O–H groups in total. The molecule has 0 aliphatic carbocycles. The molecule has 0 aliphatic rings. The van der Waals surface area contributed by atoms with E-state index in [4.69, 9.17) is 16.3 Å². The largest absolute Gasteiger partial charge is 0.486 e. The van der Waals surface area contributed by atoms with Crippen molar-refractivity contribution in [2.45, 2.75) is 25.9 Å². The lowest BCUT2D eigenvalue weighted by Crippen LogP contribution is -2.43. The molecule has 0 amide bonds. The van der Waals surface area contributed by atoms with Crippen LogP contribution in [0.4, 0.5) is 4.39 Å². The second-order valence-electron chi connectivity index (χ2n) is 5.70. The van der Waals surface area contributed by atoms with Crippen LogP contribution in [-0.2, 0) is 6.42 Å². The first-order valence-corrected chi connectivity index (χ1v) is 8.96. The standard InChI is InChI=1S/C19H24ClFN4O.HI/c1-3-15(26-17-7-5-4-6-16(17)21)13-25-19(22-2)23-11-10-14-8-9-18(20)24-12-14;/h4-9,12,15H,3,10-11,13H2,1-2H3,(H2,22,23,25);1H. The SMILES string of the molecule is CCC(CNC(=NC)NCCc1ccc(Cl)nc1)Oc1ccccc1F.I. The fourth-order valence-electron chi connectivity index (χ4n) is 2.30. The Bertz CT molecular complexity index is 715. The summed E-state index contributed by atoms with van der Waals surface area (Å²) >= 11 is 5.78. The monoisotopic (exact) mass is 506 g/mol. The number of aliphatic imine (C=N–C) groups is 1. The van der Waals surface area contributed by atoms with Crippen LogP contribution in [0.15, 0.2) is 47.6 Å². The normalized spacial score (nSPS) is 12.1. The van der Waals surface area contributed by atoms with Gasteiger partial charge in [0.15, 0.2) is 17.5 Å². The number of hydrogen-bond donors (Lipinski definition) is 2. The molecule has 2 rings (SSSR count). The number of para-hydroxylation sites is 1. The number of halogens is 3. The van der Waals surface area contributed by atoms with Gasteiger partial charge in [-0.2, -0.15) is 0 Å². The molecule has 1 aromatic carbocycles. The topological polar surface area (TPSA) is 58.5 Å². The van der Waals surface area contributed by atoms with E-state index in [1.54, 1.807) is 37.5 Å². The van der Waals surface area contributed by atoms with Gasteiger partial charge >= 0.3 is 0 Å². The number of hydrogen-bond acceptors (Lipinski definition) is 3. The van der Waals surface area contributed by atoms with Gasteiger partial charge in [0, 0.05) is 19.8 Å². The number of rotatable bonds is 8. The molecular weight excluding hydrogens is 482 g/mol. The lowest BCUT2D eigenvalue weighted by atomic mass is 10.2. The molecule has 0 saturated carbocycles. The second-order valence-corrected chi connectivity index (χ2v) is 6.08. The Labute approximate surface area is 181 Å². The van der Waals surface area contributed by atoms with Crippen molar-refractivity contribution in [3.63, 3.8) is 0 Å². The van der Waals surface area contributed by atoms with Crippen molar-refractivity contribution in [3.8, 4) is 5.75 Å². The molecule has 1 heterocycles. The molecule has 0 radical (unpaired) electrons. The maximum Gasteiger partial charge on any atom is 0.191 e. The molecule has 1 atom stereocenters. The van der Waals surface area contributed by atoms with Crippen LogP contribution in [0.3, 0.4) is 0 Å². The summed E-state index contributed by atoms with van der Waals surface area (Å²) in [4.78, 5) is 8.25. The van der Waals surface area contributed by atoms with Gasteiger partial charge in [0.25, 0.3) is 0 Å². The lowest BCUT2D eigenvalue weighted by Gasteiger charge is -2.20. The molecule has 1 unspecified atom stereocenters. The number of benzene rings is 1. The number of nitrogens with one attached hydrogen (secondary N) is 2. The Morgan fingerprint density at radius 2 is 2.04 bits per heavy atom. The van der Waals surface area contributed by atoms with Crippen LogP contribution in [0.5, 0.6) is 5.75 Å². The third-order valence-electron chi connectivity index (χ3n) is 3.80. The van der Waals surface area contributed by atoms with E-state index in [1.807, 2.05) is 13.0 Å². The highest BCUT2D eigenvalue weighted by Gasteiger charge is 2.11. The van der Waals surface area contributed by atoms with Crippen molar-refractivity contribution in [1.29, 1.82) is 0 Å². The predicted molar refractivity (Wildman–Crippen MR) is 119 cm³/mol. The molecule has 0 saturated heterocycles. The number of aromatic nitrogens is 1. The number of guanidine groups is 1. The van der Waals surface area contributed by atoms with E-state index in [9.17, 15) is 4.39 Å². The average Bonchev–Trinajstić information content (AvgIpc) is 2.66. The molecule has 1 aromatic heterocycles. The van der Waals surface area contributed by atoms with Crippen LogP contribution in [0.1, 0.15) is 18.9 Å². The molecule has 8 heteroatoms. The molecule has 27 heavy (non-hydrogen) atoms. The zero-order chi connectivity index (χ0) is 18.8. The van der Waals surface area contributed by atoms with Gasteiger partial charge < -0.3 is 15.4 Å². The average molecular weight is 507 g/mol. The van der Waals surface area contributed by atoms with Crippen molar-refractivity contribution in [2.75, 3.05) is 20.1 Å². The fraction of sp³-hybridized carbons (Fsp3) is 0.368. The number of pyridine rings is 1. The Kier molecular flexibility index (Phi) is 11.0. The highest BCUT2D eigenvalue weighted by atomic mass is 127. The molecule has 5 nitrogen and oxygen atoms in total. The summed E-state index contributed by atoms with van der Waals surface area (Å²) in [6, 6.07) is 10.1. The van der Waals surface area contributed by atoms with Crippen molar-refractivity contribution in [2.24, 2.45) is 4.99 Å². The Hall–Kier alpha value is -1.61.